The summed E-state index contributed by atoms with van der Waals surface area (Å²) >= 11 is 0.574. The normalized spacial score (nSPS) is 13.3. The number of thioether (sulfide) groups is 1. The van der Waals surface area contributed by atoms with Gasteiger partial charge in [0.1, 0.15) is 16.2 Å². The molecule has 38 heavy (non-hydrogen) atoms. The van der Waals surface area contributed by atoms with Crippen LogP contribution in [0.15, 0.2) is 40.4 Å². The second-order valence-corrected chi connectivity index (χ2v) is 11.0. The Balaban J connectivity index is 1.87. The van der Waals surface area contributed by atoms with Crippen LogP contribution in [0, 0.1) is 6.92 Å². The number of hydrogen-bond donors (Lipinski definition) is 3. The molecule has 1 aromatic carbocycles. The molecule has 3 aromatic rings. The molecule has 0 atom stereocenters. The highest BCUT2D eigenvalue weighted by Gasteiger charge is 2.59. The Morgan fingerprint density at radius 3 is 2.21 bits per heavy atom. The van der Waals surface area contributed by atoms with Crippen LogP contribution in [-0.2, 0) is 15.8 Å². The van der Waals surface area contributed by atoms with Gasteiger partial charge in [0.05, 0.1) is 25.8 Å². The number of fused-ring (bicyclic) bond motifs is 1. The Morgan fingerprint density at radius 2 is 1.68 bits per heavy atom. The number of imidazole rings is 1. The van der Waals surface area contributed by atoms with Crippen molar-refractivity contribution in [2.75, 3.05) is 6.61 Å². The predicted octanol–water partition coefficient (Wildman–Crippen LogP) is 4.16. The van der Waals surface area contributed by atoms with Crippen LogP contribution in [0.4, 0.5) is 26.3 Å². The molecular weight excluding hydrogens is 569 g/mol. The fourth-order valence-corrected chi connectivity index (χ4v) is 5.27. The quantitative estimate of drug-likeness (QED) is 0.145. The summed E-state index contributed by atoms with van der Waals surface area (Å²) < 4.78 is 95.6. The van der Waals surface area contributed by atoms with Crippen molar-refractivity contribution in [1.29, 1.82) is 0 Å². The molecule has 0 aliphatic heterocycles. The maximum absolute atomic E-state index is 13.0. The smallest absolute Gasteiger partial charge is 0.360 e. The molecular formula is C20H19F6N4O6PS. The Morgan fingerprint density at radius 1 is 1.11 bits per heavy atom. The molecule has 3 rings (SSSR count). The Kier molecular flexibility index (Phi) is 8.48. The van der Waals surface area contributed by atoms with E-state index in [9.17, 15) is 50.3 Å². The molecule has 2 heterocycles. The summed E-state index contributed by atoms with van der Waals surface area (Å²) in [5.74, 6) is 0. The van der Waals surface area contributed by atoms with Crippen molar-refractivity contribution in [3.8, 4) is 0 Å². The van der Waals surface area contributed by atoms with Crippen LogP contribution in [0.25, 0.3) is 11.2 Å². The largest absolute Gasteiger partial charge is 0.392 e. The first-order valence-corrected chi connectivity index (χ1v) is 12.9. The third-order valence-electron chi connectivity index (χ3n) is 5.13. The minimum Gasteiger partial charge on any atom is -0.360 e. The lowest BCUT2D eigenvalue weighted by Gasteiger charge is -2.35. The highest BCUT2D eigenvalue weighted by Crippen LogP contribution is 2.60. The van der Waals surface area contributed by atoms with E-state index in [1.54, 1.807) is 24.3 Å². The maximum Gasteiger partial charge on any atom is 0.392 e. The van der Waals surface area contributed by atoms with Crippen molar-refractivity contribution in [3.05, 3.63) is 52.2 Å². The molecule has 208 valence electrons. The minimum atomic E-state index is -6.11. The van der Waals surface area contributed by atoms with E-state index >= 15 is 0 Å². The van der Waals surface area contributed by atoms with Crippen LogP contribution in [-0.4, -0.2) is 58.7 Å². The van der Waals surface area contributed by atoms with Gasteiger partial charge in [0, 0.05) is 12.1 Å². The number of benzene rings is 1. The van der Waals surface area contributed by atoms with Gasteiger partial charge in [-0.15, -0.1) is 0 Å². The summed E-state index contributed by atoms with van der Waals surface area (Å²) in [5.41, 5.74) is 0.158. The molecule has 0 aliphatic rings. The molecule has 0 fully saturated rings. The number of carbonyl (C=O) groups excluding carboxylic acids is 1. The SMILES string of the molecule is Cc1ccc(C(=O)Sc2nc(=O)[nH]c3c2ncn3CCOC(CC(F)(F)F)(CC(F)(F)F)P(=O)(O)O)cc1. The molecule has 0 amide bonds. The van der Waals surface area contributed by atoms with E-state index in [0.717, 1.165) is 16.5 Å². The zero-order valence-corrected chi connectivity index (χ0v) is 20.9. The third kappa shape index (κ3) is 7.44. The van der Waals surface area contributed by atoms with E-state index < -0.39 is 62.1 Å². The number of ether oxygens (including phenoxy) is 1. The van der Waals surface area contributed by atoms with Gasteiger partial charge in [-0.3, -0.25) is 14.3 Å². The van der Waals surface area contributed by atoms with Crippen LogP contribution in [0.3, 0.4) is 0 Å². The van der Waals surface area contributed by atoms with Gasteiger partial charge < -0.3 is 19.1 Å². The molecule has 0 saturated carbocycles. The van der Waals surface area contributed by atoms with Crippen molar-refractivity contribution in [3.63, 3.8) is 0 Å². The summed E-state index contributed by atoms with van der Waals surface area (Å²) in [6.45, 7) is 0.220. The van der Waals surface area contributed by atoms with Gasteiger partial charge in [-0.2, -0.15) is 31.3 Å². The molecule has 2 aromatic heterocycles. The van der Waals surface area contributed by atoms with Gasteiger partial charge in [0.15, 0.2) is 5.34 Å². The second kappa shape index (κ2) is 10.8. The highest BCUT2D eigenvalue weighted by atomic mass is 32.2. The standard InChI is InChI=1S/C20H19F6N4O6PS/c1-11-2-4-12(5-3-11)16(31)38-15-13-14(28-17(32)29-15)30(10-27-13)6-7-36-18(37(33,34)35,8-19(21,22)23)9-20(24,25)26/h2-5,10H,6-9H2,1H3,(H,28,29,32)(H2,33,34,35). The monoisotopic (exact) mass is 588 g/mol. The number of aryl methyl sites for hydroxylation is 1. The van der Waals surface area contributed by atoms with Crippen molar-refractivity contribution in [1.82, 2.24) is 19.5 Å². The third-order valence-corrected chi connectivity index (χ3v) is 7.54. The number of rotatable bonds is 9. The number of hydrogen-bond acceptors (Lipinski definition) is 7. The van der Waals surface area contributed by atoms with E-state index in [1.807, 2.05) is 6.92 Å². The summed E-state index contributed by atoms with van der Waals surface area (Å²) in [7, 11) is -6.11. The number of nitrogens with one attached hydrogen (secondary N) is 1. The lowest BCUT2D eigenvalue weighted by molar-refractivity contribution is -0.211. The zero-order valence-electron chi connectivity index (χ0n) is 19.2. The summed E-state index contributed by atoms with van der Waals surface area (Å²) in [6, 6.07) is 6.50. The Labute approximate surface area is 213 Å². The molecule has 18 heteroatoms. The summed E-state index contributed by atoms with van der Waals surface area (Å²) in [5, 5.41) is -4.52. The van der Waals surface area contributed by atoms with Gasteiger partial charge >= 0.3 is 25.6 Å². The lowest BCUT2D eigenvalue weighted by atomic mass is 10.1. The van der Waals surface area contributed by atoms with Gasteiger partial charge in [0.25, 0.3) is 0 Å². The second-order valence-electron chi connectivity index (χ2n) is 8.16. The average molecular weight is 588 g/mol. The molecule has 0 aliphatic carbocycles. The van der Waals surface area contributed by atoms with E-state index in [-0.39, 0.29) is 16.2 Å². The van der Waals surface area contributed by atoms with Crippen molar-refractivity contribution < 1.29 is 50.2 Å². The first kappa shape index (κ1) is 29.8. The van der Waals surface area contributed by atoms with E-state index in [4.69, 9.17) is 0 Å². The predicted molar refractivity (Wildman–Crippen MR) is 122 cm³/mol. The highest BCUT2D eigenvalue weighted by molar-refractivity contribution is 8.14. The fourth-order valence-electron chi connectivity index (χ4n) is 3.44. The van der Waals surface area contributed by atoms with Crippen LogP contribution >= 0.6 is 19.4 Å². The number of aromatic amines is 1. The topological polar surface area (TPSA) is 147 Å². The molecule has 0 spiro atoms. The van der Waals surface area contributed by atoms with Gasteiger partial charge in [-0.25, -0.2) is 9.78 Å². The molecule has 0 unspecified atom stereocenters. The van der Waals surface area contributed by atoms with Crippen molar-refractivity contribution >= 4 is 35.6 Å². The molecule has 10 nitrogen and oxygen atoms in total. The van der Waals surface area contributed by atoms with Crippen molar-refractivity contribution in [2.24, 2.45) is 0 Å². The number of alkyl halides is 6. The van der Waals surface area contributed by atoms with Gasteiger partial charge in [0.2, 0.25) is 5.12 Å². The first-order chi connectivity index (χ1) is 17.4. The van der Waals surface area contributed by atoms with Crippen LogP contribution in [0.2, 0.25) is 0 Å². The zero-order chi connectivity index (χ0) is 28.5. The number of aromatic nitrogens is 4. The summed E-state index contributed by atoms with van der Waals surface area (Å²) in [4.78, 5) is 53.5. The number of halogens is 6. The van der Waals surface area contributed by atoms with Crippen LogP contribution in [0.5, 0.6) is 0 Å². The number of carbonyl (C=O) groups is 1. The van der Waals surface area contributed by atoms with Gasteiger partial charge in [-0.1, -0.05) is 29.8 Å². The molecule has 0 saturated heterocycles. The minimum absolute atomic E-state index is 0.0121. The van der Waals surface area contributed by atoms with E-state index in [2.05, 4.69) is 19.7 Å². The maximum atomic E-state index is 13.0. The van der Waals surface area contributed by atoms with E-state index in [1.165, 1.54) is 0 Å². The molecule has 0 radical (unpaired) electrons. The van der Waals surface area contributed by atoms with Crippen molar-refractivity contribution in [2.45, 2.75) is 49.0 Å². The number of nitrogens with zero attached hydrogens (tertiary/aromatic N) is 3. The summed E-state index contributed by atoms with van der Waals surface area (Å²) in [6.07, 6.45) is -14.9. The van der Waals surface area contributed by atoms with E-state index in [0.29, 0.717) is 17.3 Å². The number of H-pyrrole nitrogens is 1. The molecule has 3 N–H and O–H groups in total. The molecule has 0 bridgehead atoms. The van der Waals surface area contributed by atoms with Crippen LogP contribution < -0.4 is 5.69 Å². The first-order valence-electron chi connectivity index (χ1n) is 10.5. The van der Waals surface area contributed by atoms with Gasteiger partial charge in [-0.05, 0) is 18.7 Å². The lowest BCUT2D eigenvalue weighted by Crippen LogP contribution is -2.42. The Hall–Kier alpha value is -2.72. The Bertz CT molecular complexity index is 1400. The fraction of sp³-hybridized carbons (Fsp3) is 0.400. The average Bonchev–Trinajstić information content (AvgIpc) is 3.14. The van der Waals surface area contributed by atoms with Crippen LogP contribution in [0.1, 0.15) is 28.8 Å².